The lowest BCUT2D eigenvalue weighted by Gasteiger charge is -2.15. The molecule has 0 unspecified atom stereocenters. The lowest BCUT2D eigenvalue weighted by Crippen LogP contribution is -2.35. The lowest BCUT2D eigenvalue weighted by molar-refractivity contribution is -0.119. The molecule has 1 fully saturated rings. The molecule has 6 nitrogen and oxygen atoms in total. The van der Waals surface area contributed by atoms with E-state index >= 15 is 0 Å². The summed E-state index contributed by atoms with van der Waals surface area (Å²) in [6, 6.07) is 6.07. The van der Waals surface area contributed by atoms with Crippen molar-refractivity contribution in [2.75, 3.05) is 5.75 Å². The smallest absolute Gasteiger partial charge is 0.230 e. The maximum Gasteiger partial charge on any atom is 0.230 e. The Balaban J connectivity index is 1.59. The number of aromatic nitrogens is 4. The zero-order valence-electron chi connectivity index (χ0n) is 14.6. The number of amides is 1. The van der Waals surface area contributed by atoms with E-state index in [9.17, 15) is 4.79 Å². The Morgan fingerprint density at radius 1 is 1.24 bits per heavy atom. The van der Waals surface area contributed by atoms with E-state index in [4.69, 9.17) is 0 Å². The molecule has 1 aliphatic rings. The van der Waals surface area contributed by atoms with Crippen LogP contribution >= 0.6 is 11.8 Å². The van der Waals surface area contributed by atoms with Gasteiger partial charge in [0.15, 0.2) is 11.0 Å². The fraction of sp³-hybridized carbons (Fsp3) is 0.556. The summed E-state index contributed by atoms with van der Waals surface area (Å²) >= 11 is 1.44. The van der Waals surface area contributed by atoms with Crippen LogP contribution in [0.5, 0.6) is 0 Å². The van der Waals surface area contributed by atoms with Gasteiger partial charge in [0.25, 0.3) is 0 Å². The fourth-order valence-corrected chi connectivity index (χ4v) is 4.00. The van der Waals surface area contributed by atoms with Crippen molar-refractivity contribution in [3.63, 3.8) is 0 Å². The van der Waals surface area contributed by atoms with Gasteiger partial charge in [0.2, 0.25) is 5.91 Å². The Bertz CT molecular complexity index is 680. The number of nitrogens with zero attached hydrogens (tertiary/aromatic N) is 4. The van der Waals surface area contributed by atoms with Gasteiger partial charge < -0.3 is 9.88 Å². The summed E-state index contributed by atoms with van der Waals surface area (Å²) in [5, 5.41) is 12.5. The summed E-state index contributed by atoms with van der Waals surface area (Å²) in [7, 11) is 0. The van der Waals surface area contributed by atoms with Crippen LogP contribution in [0.2, 0.25) is 0 Å². The molecule has 0 atom stereocenters. The van der Waals surface area contributed by atoms with Crippen LogP contribution in [-0.2, 0) is 11.3 Å². The molecule has 0 saturated heterocycles. The van der Waals surface area contributed by atoms with Gasteiger partial charge in [0.1, 0.15) is 5.69 Å². The number of rotatable bonds is 6. The maximum atomic E-state index is 12.3. The van der Waals surface area contributed by atoms with E-state index in [-0.39, 0.29) is 5.91 Å². The molecule has 25 heavy (non-hydrogen) atoms. The number of pyridine rings is 1. The number of carbonyl (C=O) groups excluding carboxylic acids is 1. The molecule has 0 aliphatic heterocycles. The molecule has 1 amide bonds. The first-order valence-electron chi connectivity index (χ1n) is 9.04. The molecular weight excluding hydrogens is 334 g/mol. The lowest BCUT2D eigenvalue weighted by atomic mass is 10.1. The third-order valence-electron chi connectivity index (χ3n) is 4.48. The summed E-state index contributed by atoms with van der Waals surface area (Å²) < 4.78 is 2.01. The van der Waals surface area contributed by atoms with Crippen molar-refractivity contribution >= 4 is 17.7 Å². The van der Waals surface area contributed by atoms with E-state index in [0.717, 1.165) is 36.1 Å². The highest BCUT2D eigenvalue weighted by atomic mass is 32.2. The Labute approximate surface area is 152 Å². The van der Waals surface area contributed by atoms with Crippen molar-refractivity contribution in [3.8, 4) is 11.5 Å². The van der Waals surface area contributed by atoms with E-state index < -0.39 is 0 Å². The Morgan fingerprint density at radius 3 is 2.72 bits per heavy atom. The Kier molecular flexibility index (Phi) is 6.44. The van der Waals surface area contributed by atoms with Crippen LogP contribution in [0.4, 0.5) is 0 Å². The van der Waals surface area contributed by atoms with Crippen LogP contribution in [-0.4, -0.2) is 37.5 Å². The number of hydrogen-bond acceptors (Lipinski definition) is 5. The van der Waals surface area contributed by atoms with Crippen LogP contribution in [0.25, 0.3) is 11.5 Å². The third-order valence-corrected chi connectivity index (χ3v) is 5.45. The van der Waals surface area contributed by atoms with Crippen molar-refractivity contribution < 1.29 is 4.79 Å². The predicted octanol–water partition coefficient (Wildman–Crippen LogP) is 3.29. The number of nitrogens with one attached hydrogen (secondary N) is 1. The Morgan fingerprint density at radius 2 is 2.04 bits per heavy atom. The van der Waals surface area contributed by atoms with Crippen molar-refractivity contribution in [2.45, 2.75) is 63.2 Å². The topological polar surface area (TPSA) is 72.7 Å². The van der Waals surface area contributed by atoms with E-state index in [2.05, 4.69) is 20.5 Å². The highest BCUT2D eigenvalue weighted by Gasteiger charge is 2.17. The zero-order valence-corrected chi connectivity index (χ0v) is 15.5. The van der Waals surface area contributed by atoms with E-state index in [0.29, 0.717) is 11.8 Å². The van der Waals surface area contributed by atoms with E-state index in [1.807, 2.05) is 29.7 Å². The molecule has 134 valence electrons. The molecule has 0 bridgehead atoms. The minimum atomic E-state index is 0.0851. The second-order valence-corrected chi connectivity index (χ2v) is 7.25. The van der Waals surface area contributed by atoms with Gasteiger partial charge in [-0.2, -0.15) is 0 Å². The highest BCUT2D eigenvalue weighted by molar-refractivity contribution is 7.99. The van der Waals surface area contributed by atoms with E-state index in [1.165, 1.54) is 37.4 Å². The number of hydrogen-bond donors (Lipinski definition) is 1. The summed E-state index contributed by atoms with van der Waals surface area (Å²) in [5.41, 5.74) is 0.798. The molecular formula is C18H25N5OS. The molecule has 1 N–H and O–H groups in total. The van der Waals surface area contributed by atoms with Crippen LogP contribution in [0.3, 0.4) is 0 Å². The Hall–Kier alpha value is -1.89. The first kappa shape index (κ1) is 17.9. The van der Waals surface area contributed by atoms with Crippen LogP contribution in [0.1, 0.15) is 45.4 Å². The average molecular weight is 359 g/mol. The third kappa shape index (κ3) is 4.81. The molecule has 0 aromatic carbocycles. The first-order valence-corrected chi connectivity index (χ1v) is 10.0. The molecule has 1 saturated carbocycles. The van der Waals surface area contributed by atoms with Gasteiger partial charge >= 0.3 is 0 Å². The van der Waals surface area contributed by atoms with Crippen LogP contribution < -0.4 is 5.32 Å². The van der Waals surface area contributed by atoms with Gasteiger partial charge in [-0.05, 0) is 31.9 Å². The van der Waals surface area contributed by atoms with E-state index in [1.54, 1.807) is 6.20 Å². The van der Waals surface area contributed by atoms with Gasteiger partial charge in [0, 0.05) is 18.8 Å². The van der Waals surface area contributed by atoms with Gasteiger partial charge in [-0.25, -0.2) is 0 Å². The second-order valence-electron chi connectivity index (χ2n) is 6.31. The summed E-state index contributed by atoms with van der Waals surface area (Å²) in [6.45, 7) is 2.79. The fourth-order valence-electron chi connectivity index (χ4n) is 3.19. The minimum Gasteiger partial charge on any atom is -0.353 e. The van der Waals surface area contributed by atoms with Gasteiger partial charge in [0.05, 0.1) is 5.75 Å². The minimum absolute atomic E-state index is 0.0851. The number of carbonyl (C=O) groups is 1. The highest BCUT2D eigenvalue weighted by Crippen LogP contribution is 2.23. The van der Waals surface area contributed by atoms with Crippen molar-refractivity contribution in [3.05, 3.63) is 24.4 Å². The molecule has 0 radical (unpaired) electrons. The van der Waals surface area contributed by atoms with Crippen molar-refractivity contribution in [1.82, 2.24) is 25.1 Å². The standard InChI is InChI=1S/C18H25N5OS/c1-2-23-17(15-11-7-8-12-19-15)21-22-18(23)25-13-16(24)20-14-9-5-3-4-6-10-14/h7-8,11-12,14H,2-6,9-10,13H2,1H3,(H,20,24). The van der Waals surface area contributed by atoms with Gasteiger partial charge in [-0.15, -0.1) is 10.2 Å². The number of thioether (sulfide) groups is 1. The summed E-state index contributed by atoms with van der Waals surface area (Å²) in [5.74, 6) is 1.20. The predicted molar refractivity (Wildman–Crippen MR) is 99.3 cm³/mol. The van der Waals surface area contributed by atoms with Crippen molar-refractivity contribution in [2.24, 2.45) is 0 Å². The zero-order chi connectivity index (χ0) is 17.5. The van der Waals surface area contributed by atoms with Crippen LogP contribution in [0, 0.1) is 0 Å². The average Bonchev–Trinajstić information content (AvgIpc) is 2.89. The van der Waals surface area contributed by atoms with Crippen LogP contribution in [0.15, 0.2) is 29.6 Å². The van der Waals surface area contributed by atoms with Gasteiger partial charge in [-0.3, -0.25) is 9.78 Å². The first-order chi connectivity index (χ1) is 12.3. The SMILES string of the molecule is CCn1c(SCC(=O)NC2CCCCCC2)nnc1-c1ccccn1. The normalized spacial score (nSPS) is 15.7. The molecule has 2 aromatic heterocycles. The monoisotopic (exact) mass is 359 g/mol. The van der Waals surface area contributed by atoms with Crippen molar-refractivity contribution in [1.29, 1.82) is 0 Å². The second kappa shape index (κ2) is 8.99. The maximum absolute atomic E-state index is 12.3. The molecule has 0 spiro atoms. The molecule has 3 rings (SSSR count). The van der Waals surface area contributed by atoms with Gasteiger partial charge in [-0.1, -0.05) is 43.5 Å². The molecule has 2 aromatic rings. The molecule has 1 aliphatic carbocycles. The largest absolute Gasteiger partial charge is 0.353 e. The summed E-state index contributed by atoms with van der Waals surface area (Å²) in [4.78, 5) is 16.6. The summed E-state index contributed by atoms with van der Waals surface area (Å²) in [6.07, 6.45) is 8.97. The molecule has 2 heterocycles. The quantitative estimate of drug-likeness (QED) is 0.633. The molecule has 7 heteroatoms.